The second kappa shape index (κ2) is 6.58. The minimum Gasteiger partial charge on any atom is -0.493 e. The Morgan fingerprint density at radius 3 is 2.25 bits per heavy atom. The molecule has 0 saturated carbocycles. The van der Waals surface area contributed by atoms with E-state index in [1.54, 1.807) is 0 Å². The molecule has 24 heavy (non-hydrogen) atoms. The summed E-state index contributed by atoms with van der Waals surface area (Å²) in [4.78, 5) is 24.4. The van der Waals surface area contributed by atoms with Crippen LogP contribution in [0.3, 0.4) is 0 Å². The van der Waals surface area contributed by atoms with Gasteiger partial charge in [0.25, 0.3) is 5.91 Å². The molecule has 9 heteroatoms. The molecule has 1 aromatic rings. The molecule has 0 radical (unpaired) electrons. The summed E-state index contributed by atoms with van der Waals surface area (Å²) in [5.74, 6) is -5.39. The molecule has 6 nitrogen and oxygen atoms in total. The molecule has 0 unspecified atom stereocenters. The summed E-state index contributed by atoms with van der Waals surface area (Å²) in [5.41, 5.74) is 0.0969. The first kappa shape index (κ1) is 17.9. The van der Waals surface area contributed by atoms with Gasteiger partial charge in [-0.1, -0.05) is 0 Å². The monoisotopic (exact) mass is 347 g/mol. The van der Waals surface area contributed by atoms with Crippen LogP contribution in [0.15, 0.2) is 18.2 Å². The summed E-state index contributed by atoms with van der Waals surface area (Å²) in [7, 11) is 2.77. The van der Waals surface area contributed by atoms with Gasteiger partial charge in [-0.25, -0.2) is 0 Å². The maximum absolute atomic E-state index is 13.0. The number of nitrogens with zero attached hydrogens (tertiary/aromatic N) is 1. The van der Waals surface area contributed by atoms with Crippen LogP contribution in [0.2, 0.25) is 0 Å². The number of carboxylic acids is 1. The van der Waals surface area contributed by atoms with Crippen LogP contribution in [0.25, 0.3) is 0 Å². The molecule has 1 N–H and O–H groups in total. The van der Waals surface area contributed by atoms with Gasteiger partial charge in [-0.05, 0) is 18.2 Å². The largest absolute Gasteiger partial charge is 0.493 e. The fourth-order valence-corrected chi connectivity index (χ4v) is 2.70. The number of methoxy groups -OCH3 is 2. The number of aliphatic carboxylic acids is 1. The quantitative estimate of drug-likeness (QED) is 0.902. The maximum Gasteiger partial charge on any atom is 0.394 e. The van der Waals surface area contributed by atoms with Gasteiger partial charge in [0, 0.05) is 18.7 Å². The Morgan fingerprint density at radius 1 is 1.17 bits per heavy atom. The zero-order chi connectivity index (χ0) is 18.1. The standard InChI is InChI=1S/C15H16F3NO5/c1-23-11-4-3-8(5-12(11)24-2)13(20)19-6-9(14(21)22)10(7-19)15(16,17)18/h3-5,9-10H,6-7H2,1-2H3,(H,21,22)/t9-,10-/m1/s1. The van der Waals surface area contributed by atoms with Gasteiger partial charge in [-0.15, -0.1) is 0 Å². The highest BCUT2D eigenvalue weighted by Crippen LogP contribution is 2.38. The minimum absolute atomic E-state index is 0.0969. The summed E-state index contributed by atoms with van der Waals surface area (Å²) >= 11 is 0. The van der Waals surface area contributed by atoms with Crippen molar-refractivity contribution in [3.8, 4) is 11.5 Å². The molecular weight excluding hydrogens is 331 g/mol. The third-order valence-electron chi connectivity index (χ3n) is 3.98. The van der Waals surface area contributed by atoms with E-state index in [1.807, 2.05) is 0 Å². The molecule has 132 valence electrons. The number of hydrogen-bond donors (Lipinski definition) is 1. The van der Waals surface area contributed by atoms with Crippen LogP contribution in [0, 0.1) is 11.8 Å². The third-order valence-corrected chi connectivity index (χ3v) is 3.98. The van der Waals surface area contributed by atoms with Gasteiger partial charge < -0.3 is 19.5 Å². The van der Waals surface area contributed by atoms with Crippen LogP contribution in [0.5, 0.6) is 11.5 Å². The number of carbonyl (C=O) groups is 2. The summed E-state index contributed by atoms with van der Waals surface area (Å²) < 4.78 is 49.1. The lowest BCUT2D eigenvalue weighted by molar-refractivity contribution is -0.187. The van der Waals surface area contributed by atoms with Crippen LogP contribution >= 0.6 is 0 Å². The molecular formula is C15H16F3NO5. The van der Waals surface area contributed by atoms with Crippen LogP contribution in [-0.4, -0.2) is 55.4 Å². The smallest absolute Gasteiger partial charge is 0.394 e. The van der Waals surface area contributed by atoms with Crippen molar-refractivity contribution >= 4 is 11.9 Å². The molecule has 2 atom stereocenters. The number of halogens is 3. The average Bonchev–Trinajstić information content (AvgIpc) is 2.99. The topological polar surface area (TPSA) is 76.1 Å². The molecule has 0 bridgehead atoms. The third kappa shape index (κ3) is 3.39. The van der Waals surface area contributed by atoms with Crippen molar-refractivity contribution in [2.45, 2.75) is 6.18 Å². The number of rotatable bonds is 4. The first-order valence-corrected chi connectivity index (χ1v) is 6.99. The van der Waals surface area contributed by atoms with Crippen molar-refractivity contribution in [3.63, 3.8) is 0 Å². The minimum atomic E-state index is -4.68. The predicted molar refractivity (Wildman–Crippen MR) is 76.1 cm³/mol. The van der Waals surface area contributed by atoms with Crippen molar-refractivity contribution in [2.75, 3.05) is 27.3 Å². The van der Waals surface area contributed by atoms with Crippen molar-refractivity contribution in [1.29, 1.82) is 0 Å². The van der Waals surface area contributed by atoms with Crippen LogP contribution < -0.4 is 9.47 Å². The lowest BCUT2D eigenvalue weighted by Crippen LogP contribution is -2.34. The van der Waals surface area contributed by atoms with Crippen molar-refractivity contribution in [3.05, 3.63) is 23.8 Å². The Balaban J connectivity index is 2.26. The normalized spacial score (nSPS) is 20.8. The average molecular weight is 347 g/mol. The number of hydrogen-bond acceptors (Lipinski definition) is 4. The van der Waals surface area contributed by atoms with Gasteiger partial charge in [0.15, 0.2) is 11.5 Å². The van der Waals surface area contributed by atoms with E-state index in [0.717, 1.165) is 4.90 Å². The molecule has 1 amide bonds. The number of ether oxygens (including phenoxy) is 2. The van der Waals surface area contributed by atoms with Gasteiger partial charge in [0.2, 0.25) is 0 Å². The molecule has 1 saturated heterocycles. The lowest BCUT2D eigenvalue weighted by atomic mass is 9.96. The number of carbonyl (C=O) groups excluding carboxylic acids is 1. The maximum atomic E-state index is 13.0. The van der Waals surface area contributed by atoms with Crippen LogP contribution in [0.4, 0.5) is 13.2 Å². The molecule has 1 fully saturated rings. The molecule has 0 aromatic heterocycles. The summed E-state index contributed by atoms with van der Waals surface area (Å²) in [6.07, 6.45) is -4.68. The Morgan fingerprint density at radius 2 is 1.79 bits per heavy atom. The van der Waals surface area contributed by atoms with E-state index >= 15 is 0 Å². The number of likely N-dealkylation sites (tertiary alicyclic amines) is 1. The Kier molecular flexibility index (Phi) is 4.91. The number of amides is 1. The zero-order valence-electron chi connectivity index (χ0n) is 13.0. The highest BCUT2D eigenvalue weighted by molar-refractivity contribution is 5.95. The van der Waals surface area contributed by atoms with Gasteiger partial charge in [-0.3, -0.25) is 9.59 Å². The highest BCUT2D eigenvalue weighted by atomic mass is 19.4. The number of benzene rings is 1. The zero-order valence-corrected chi connectivity index (χ0v) is 13.0. The van der Waals surface area contributed by atoms with E-state index in [2.05, 4.69) is 0 Å². The van der Waals surface area contributed by atoms with Crippen molar-refractivity contribution < 1.29 is 37.3 Å². The molecule has 1 aromatic carbocycles. The summed E-state index contributed by atoms with van der Waals surface area (Å²) in [5, 5.41) is 8.99. The van der Waals surface area contributed by atoms with Gasteiger partial charge >= 0.3 is 12.1 Å². The molecule has 0 spiro atoms. The van der Waals surface area contributed by atoms with E-state index in [0.29, 0.717) is 5.75 Å². The fraction of sp³-hybridized carbons (Fsp3) is 0.467. The van der Waals surface area contributed by atoms with Gasteiger partial charge in [-0.2, -0.15) is 13.2 Å². The van der Waals surface area contributed by atoms with E-state index in [9.17, 15) is 22.8 Å². The Labute approximate surface area is 135 Å². The second-order valence-electron chi connectivity index (χ2n) is 5.37. The molecule has 0 aliphatic carbocycles. The fourth-order valence-electron chi connectivity index (χ4n) is 2.70. The van der Waals surface area contributed by atoms with Crippen LogP contribution in [-0.2, 0) is 4.79 Å². The molecule has 1 heterocycles. The SMILES string of the molecule is COc1ccc(C(=O)N2C[C@@H](C(F)(F)F)[C@H](C(=O)O)C2)cc1OC. The predicted octanol–water partition coefficient (Wildman–Crippen LogP) is 2.04. The molecule has 2 rings (SSSR count). The highest BCUT2D eigenvalue weighted by Gasteiger charge is 2.53. The Bertz CT molecular complexity index is 646. The van der Waals surface area contributed by atoms with E-state index < -0.39 is 43.0 Å². The van der Waals surface area contributed by atoms with E-state index in [4.69, 9.17) is 14.6 Å². The molecule has 1 aliphatic heterocycles. The van der Waals surface area contributed by atoms with Gasteiger partial charge in [0.05, 0.1) is 26.1 Å². The number of carboxylic acid groups (broad SMARTS) is 1. The first-order chi connectivity index (χ1) is 11.2. The van der Waals surface area contributed by atoms with E-state index in [-0.39, 0.29) is 11.3 Å². The summed E-state index contributed by atoms with van der Waals surface area (Å²) in [6.45, 7) is -1.18. The molecule has 1 aliphatic rings. The van der Waals surface area contributed by atoms with Crippen molar-refractivity contribution in [2.24, 2.45) is 11.8 Å². The summed E-state index contributed by atoms with van der Waals surface area (Å²) in [6, 6.07) is 4.19. The van der Waals surface area contributed by atoms with Gasteiger partial charge in [0.1, 0.15) is 0 Å². The van der Waals surface area contributed by atoms with E-state index in [1.165, 1.54) is 32.4 Å². The lowest BCUT2D eigenvalue weighted by Gasteiger charge is -2.18. The van der Waals surface area contributed by atoms with Crippen LogP contribution in [0.1, 0.15) is 10.4 Å². The first-order valence-electron chi connectivity index (χ1n) is 6.99. The number of alkyl halides is 3. The van der Waals surface area contributed by atoms with Crippen molar-refractivity contribution in [1.82, 2.24) is 4.90 Å². The Hall–Kier alpha value is -2.45. The second-order valence-corrected chi connectivity index (χ2v) is 5.37.